The summed E-state index contributed by atoms with van der Waals surface area (Å²) in [6.07, 6.45) is 0. The van der Waals surface area contributed by atoms with Crippen molar-refractivity contribution < 1.29 is 0 Å². The summed E-state index contributed by atoms with van der Waals surface area (Å²) < 4.78 is 0.838. The molecule has 0 amide bonds. The molecule has 106 valence electrons. The third-order valence-electron chi connectivity index (χ3n) is 2.89. The molecule has 0 N–H and O–H groups in total. The highest BCUT2D eigenvalue weighted by Gasteiger charge is 2.19. The van der Waals surface area contributed by atoms with Crippen molar-refractivity contribution in [2.75, 3.05) is 0 Å². The lowest BCUT2D eigenvalue weighted by atomic mass is 9.96. The Morgan fingerprint density at radius 3 is 2.35 bits per heavy atom. The summed E-state index contributed by atoms with van der Waals surface area (Å²) in [5, 5.41) is 0.976. The van der Waals surface area contributed by atoms with Crippen LogP contribution in [0.5, 0.6) is 0 Å². The van der Waals surface area contributed by atoms with Crippen molar-refractivity contribution in [3.05, 3.63) is 45.8 Å². The van der Waals surface area contributed by atoms with E-state index in [1.165, 1.54) is 16.0 Å². The van der Waals surface area contributed by atoms with Gasteiger partial charge in [-0.1, -0.05) is 50.2 Å². The Bertz CT molecular complexity index is 633. The second-order valence-corrected chi connectivity index (χ2v) is 7.85. The Balaban J connectivity index is 2.36. The molecule has 0 aliphatic rings. The Labute approximate surface area is 133 Å². The lowest BCUT2D eigenvalue weighted by Crippen LogP contribution is -2.16. The minimum Gasteiger partial charge on any atom is -0.226 e. The normalized spacial score (nSPS) is 11.7. The maximum Gasteiger partial charge on any atom is 0.136 e. The highest BCUT2D eigenvalue weighted by molar-refractivity contribution is 9.10. The molecule has 1 heterocycles. The van der Waals surface area contributed by atoms with Gasteiger partial charge in [0.05, 0.1) is 0 Å². The zero-order valence-corrected chi connectivity index (χ0v) is 14.9. The highest BCUT2D eigenvalue weighted by atomic mass is 79.9. The number of aryl methyl sites for hydroxylation is 2. The largest absolute Gasteiger partial charge is 0.226 e. The number of rotatable bonds is 2. The number of halogens is 1. The first-order valence-electron chi connectivity index (χ1n) is 6.56. The van der Waals surface area contributed by atoms with Crippen LogP contribution in [-0.2, 0) is 5.41 Å². The molecular weight excluding hydrogens is 332 g/mol. The molecule has 0 bridgehead atoms. The van der Waals surface area contributed by atoms with Crippen molar-refractivity contribution in [3.8, 4) is 0 Å². The van der Waals surface area contributed by atoms with Crippen LogP contribution in [0.1, 0.15) is 37.7 Å². The zero-order valence-electron chi connectivity index (χ0n) is 12.5. The van der Waals surface area contributed by atoms with E-state index in [0.29, 0.717) is 0 Å². The molecule has 0 radical (unpaired) electrons. The van der Waals surface area contributed by atoms with Crippen molar-refractivity contribution in [3.63, 3.8) is 0 Å². The van der Waals surface area contributed by atoms with E-state index in [1.807, 2.05) is 6.07 Å². The van der Waals surface area contributed by atoms with E-state index in [9.17, 15) is 0 Å². The molecule has 1 aromatic heterocycles. The lowest BCUT2D eigenvalue weighted by molar-refractivity contribution is 0.536. The molecule has 4 heteroatoms. The first-order valence-corrected chi connectivity index (χ1v) is 8.17. The molecule has 0 aliphatic heterocycles. The minimum absolute atomic E-state index is 0.0542. The van der Waals surface area contributed by atoms with Gasteiger partial charge in [-0.15, -0.1) is 0 Å². The number of hydrogen-bond donors (Lipinski definition) is 0. The van der Waals surface area contributed by atoms with E-state index in [1.54, 1.807) is 11.8 Å². The van der Waals surface area contributed by atoms with Crippen LogP contribution >= 0.6 is 27.7 Å². The molecule has 0 spiro atoms. The van der Waals surface area contributed by atoms with Gasteiger partial charge in [-0.2, -0.15) is 0 Å². The van der Waals surface area contributed by atoms with Gasteiger partial charge in [0.2, 0.25) is 0 Å². The highest BCUT2D eigenvalue weighted by Crippen LogP contribution is 2.32. The van der Waals surface area contributed by atoms with Crippen LogP contribution in [0.2, 0.25) is 0 Å². The summed E-state index contributed by atoms with van der Waals surface area (Å²) in [4.78, 5) is 10.4. The summed E-state index contributed by atoms with van der Waals surface area (Å²) in [6.45, 7) is 10.6. The number of aromatic nitrogens is 2. The van der Waals surface area contributed by atoms with E-state index in [-0.39, 0.29) is 5.41 Å². The van der Waals surface area contributed by atoms with E-state index in [4.69, 9.17) is 0 Å². The summed E-state index contributed by atoms with van der Waals surface area (Å²) in [7, 11) is 0. The topological polar surface area (TPSA) is 25.8 Å². The Morgan fingerprint density at radius 1 is 1.05 bits per heavy atom. The van der Waals surface area contributed by atoms with Crippen molar-refractivity contribution in [1.82, 2.24) is 9.97 Å². The first kappa shape index (κ1) is 15.5. The van der Waals surface area contributed by atoms with Crippen LogP contribution in [0.4, 0.5) is 0 Å². The van der Waals surface area contributed by atoms with Gasteiger partial charge >= 0.3 is 0 Å². The molecule has 0 unspecified atom stereocenters. The van der Waals surface area contributed by atoms with Gasteiger partial charge in [-0.25, -0.2) is 9.97 Å². The Hall–Kier alpha value is -0.870. The molecule has 2 aromatic rings. The van der Waals surface area contributed by atoms with Gasteiger partial charge in [0.15, 0.2) is 0 Å². The van der Waals surface area contributed by atoms with E-state index < -0.39 is 0 Å². The number of benzene rings is 1. The molecule has 0 saturated heterocycles. The summed E-state index contributed by atoms with van der Waals surface area (Å²) in [5.74, 6) is 0.860. The van der Waals surface area contributed by atoms with E-state index >= 15 is 0 Å². The Kier molecular flexibility index (Phi) is 4.55. The average molecular weight is 351 g/mol. The van der Waals surface area contributed by atoms with Crippen LogP contribution < -0.4 is 0 Å². The molecule has 2 nitrogen and oxygen atoms in total. The van der Waals surface area contributed by atoms with Crippen LogP contribution in [0, 0.1) is 13.8 Å². The summed E-state index contributed by atoms with van der Waals surface area (Å²) in [6, 6.07) is 8.46. The smallest absolute Gasteiger partial charge is 0.136 e. The predicted molar refractivity (Wildman–Crippen MR) is 88.5 cm³/mol. The predicted octanol–water partition coefficient (Wildman–Crippen LogP) is 5.30. The van der Waals surface area contributed by atoms with E-state index in [0.717, 1.165) is 15.5 Å². The van der Waals surface area contributed by atoms with Crippen LogP contribution in [0.25, 0.3) is 0 Å². The lowest BCUT2D eigenvalue weighted by Gasteiger charge is -2.17. The van der Waals surface area contributed by atoms with Crippen LogP contribution in [0.3, 0.4) is 0 Å². The van der Waals surface area contributed by atoms with Crippen molar-refractivity contribution in [1.29, 1.82) is 0 Å². The van der Waals surface area contributed by atoms with Gasteiger partial charge in [0.1, 0.15) is 15.5 Å². The summed E-state index contributed by atoms with van der Waals surface area (Å²) >= 11 is 5.17. The third-order valence-corrected chi connectivity index (χ3v) is 4.39. The van der Waals surface area contributed by atoms with Crippen molar-refractivity contribution in [2.24, 2.45) is 0 Å². The average Bonchev–Trinajstić information content (AvgIpc) is 2.31. The van der Waals surface area contributed by atoms with Crippen LogP contribution in [-0.4, -0.2) is 9.97 Å². The fraction of sp³-hybridized carbons (Fsp3) is 0.375. The van der Waals surface area contributed by atoms with Crippen molar-refractivity contribution in [2.45, 2.75) is 50.0 Å². The SMILES string of the molecule is Cc1ccc(Sc2cc(Br)nc(C(C)(C)C)n2)c(C)c1. The maximum absolute atomic E-state index is 4.69. The Morgan fingerprint density at radius 2 is 1.75 bits per heavy atom. The van der Waals surface area contributed by atoms with Gasteiger partial charge < -0.3 is 0 Å². The zero-order chi connectivity index (χ0) is 14.9. The van der Waals surface area contributed by atoms with Gasteiger partial charge in [-0.3, -0.25) is 0 Å². The van der Waals surface area contributed by atoms with Crippen molar-refractivity contribution >= 4 is 27.7 Å². The van der Waals surface area contributed by atoms with Gasteiger partial charge in [-0.05, 0) is 41.4 Å². The quantitative estimate of drug-likeness (QED) is 0.686. The summed E-state index contributed by atoms with van der Waals surface area (Å²) in [5.41, 5.74) is 2.51. The minimum atomic E-state index is -0.0542. The standard InChI is InChI=1S/C16H19BrN2S/c1-10-6-7-12(11(2)8-10)20-14-9-13(17)18-15(19-14)16(3,4)5/h6-9H,1-5H3. The number of hydrogen-bond acceptors (Lipinski definition) is 3. The molecule has 0 fully saturated rings. The second-order valence-electron chi connectivity index (χ2n) is 5.97. The van der Waals surface area contributed by atoms with Gasteiger partial charge in [0, 0.05) is 16.4 Å². The number of nitrogens with zero attached hydrogens (tertiary/aromatic N) is 2. The molecule has 20 heavy (non-hydrogen) atoms. The fourth-order valence-corrected chi connectivity index (χ4v) is 3.23. The maximum atomic E-state index is 4.69. The van der Waals surface area contributed by atoms with E-state index in [2.05, 4.69) is 78.7 Å². The first-order chi connectivity index (χ1) is 9.25. The molecular formula is C16H19BrN2S. The second kappa shape index (κ2) is 5.86. The third kappa shape index (κ3) is 3.83. The van der Waals surface area contributed by atoms with Gasteiger partial charge in [0.25, 0.3) is 0 Å². The molecule has 0 atom stereocenters. The molecule has 0 aliphatic carbocycles. The molecule has 0 saturated carbocycles. The van der Waals surface area contributed by atoms with Crippen LogP contribution in [0.15, 0.2) is 38.8 Å². The fourth-order valence-electron chi connectivity index (χ4n) is 1.81. The monoisotopic (exact) mass is 350 g/mol. The molecule has 1 aromatic carbocycles. The molecule has 2 rings (SSSR count).